The average Bonchev–Trinajstić information content (AvgIpc) is 2.36. The summed E-state index contributed by atoms with van der Waals surface area (Å²) in [6.07, 6.45) is 0.505. The number of nitrogens with one attached hydrogen (secondary N) is 1. The molecule has 108 valence electrons. The number of hydrogen-bond donors (Lipinski definition) is 2. The van der Waals surface area contributed by atoms with E-state index in [1.165, 1.54) is 0 Å². The third-order valence-corrected chi connectivity index (χ3v) is 4.83. The van der Waals surface area contributed by atoms with Crippen LogP contribution in [0.4, 0.5) is 0 Å². The molecule has 0 heterocycles. The lowest BCUT2D eigenvalue weighted by molar-refractivity contribution is 0.322. The van der Waals surface area contributed by atoms with E-state index < -0.39 is 15.3 Å². The van der Waals surface area contributed by atoms with E-state index in [1.807, 2.05) is 31.2 Å². The largest absolute Gasteiger partial charge is 0.492 e. The van der Waals surface area contributed by atoms with Crippen LogP contribution in [0.15, 0.2) is 24.3 Å². The predicted octanol–water partition coefficient (Wildman–Crippen LogP) is 1.03. The van der Waals surface area contributed by atoms with Crippen molar-refractivity contribution in [3.05, 3.63) is 29.8 Å². The van der Waals surface area contributed by atoms with Gasteiger partial charge in [-0.1, -0.05) is 19.1 Å². The molecule has 1 rings (SSSR count). The van der Waals surface area contributed by atoms with Crippen molar-refractivity contribution < 1.29 is 13.2 Å². The van der Waals surface area contributed by atoms with Gasteiger partial charge < -0.3 is 10.5 Å². The monoisotopic (exact) mass is 286 g/mol. The third-order valence-electron chi connectivity index (χ3n) is 2.82. The van der Waals surface area contributed by atoms with Crippen molar-refractivity contribution >= 4 is 10.0 Å². The van der Waals surface area contributed by atoms with Crippen LogP contribution in [0.2, 0.25) is 0 Å². The summed E-state index contributed by atoms with van der Waals surface area (Å²) >= 11 is 0. The summed E-state index contributed by atoms with van der Waals surface area (Å²) in [5.41, 5.74) is 6.53. The first-order chi connectivity index (χ1) is 8.99. The van der Waals surface area contributed by atoms with Gasteiger partial charge >= 0.3 is 0 Å². The Labute approximate surface area is 115 Å². The molecule has 0 saturated carbocycles. The number of ether oxygens (including phenoxy) is 1. The molecule has 0 aliphatic carbocycles. The zero-order chi connectivity index (χ0) is 14.3. The highest BCUT2D eigenvalue weighted by atomic mass is 32.2. The molecule has 1 unspecified atom stereocenters. The van der Waals surface area contributed by atoms with E-state index in [4.69, 9.17) is 10.5 Å². The Morgan fingerprint density at radius 1 is 1.42 bits per heavy atom. The molecule has 1 aromatic rings. The van der Waals surface area contributed by atoms with E-state index in [0.29, 0.717) is 13.0 Å². The molecule has 19 heavy (non-hydrogen) atoms. The van der Waals surface area contributed by atoms with Gasteiger partial charge in [0.25, 0.3) is 0 Å². The van der Waals surface area contributed by atoms with Crippen LogP contribution in [0.25, 0.3) is 0 Å². The van der Waals surface area contributed by atoms with E-state index in [9.17, 15) is 8.42 Å². The van der Waals surface area contributed by atoms with Gasteiger partial charge in [-0.3, -0.25) is 0 Å². The Hall–Kier alpha value is -1.11. The van der Waals surface area contributed by atoms with E-state index in [0.717, 1.165) is 11.3 Å². The van der Waals surface area contributed by atoms with Gasteiger partial charge in [-0.25, -0.2) is 13.1 Å². The first-order valence-electron chi connectivity index (χ1n) is 6.37. The fourth-order valence-corrected chi connectivity index (χ4v) is 2.98. The van der Waals surface area contributed by atoms with Crippen molar-refractivity contribution in [2.24, 2.45) is 5.73 Å². The first kappa shape index (κ1) is 15.9. The minimum absolute atomic E-state index is 0.130. The van der Waals surface area contributed by atoms with Crippen LogP contribution >= 0.6 is 0 Å². The van der Waals surface area contributed by atoms with E-state index in [1.54, 1.807) is 6.92 Å². The van der Waals surface area contributed by atoms with Gasteiger partial charge in [0.15, 0.2) is 0 Å². The smallest absolute Gasteiger partial charge is 0.215 e. The molecule has 0 fully saturated rings. The van der Waals surface area contributed by atoms with Crippen LogP contribution in [0.3, 0.4) is 0 Å². The van der Waals surface area contributed by atoms with Crippen LogP contribution in [0, 0.1) is 6.92 Å². The number of benzene rings is 1. The van der Waals surface area contributed by atoms with Crippen LogP contribution in [0.5, 0.6) is 5.75 Å². The Balaban J connectivity index is 2.39. The Kier molecular flexibility index (Phi) is 6.27. The standard InChI is InChI=1S/C13H22N2O3S/c1-3-13(10-14)19(16,17)15-7-8-18-12-6-4-5-11(2)9-12/h4-6,9,13,15H,3,7-8,10,14H2,1-2H3. The number of nitrogens with two attached hydrogens (primary N) is 1. The highest BCUT2D eigenvalue weighted by Crippen LogP contribution is 2.11. The topological polar surface area (TPSA) is 81.4 Å². The van der Waals surface area contributed by atoms with Crippen molar-refractivity contribution in [3.63, 3.8) is 0 Å². The molecule has 0 amide bonds. The van der Waals surface area contributed by atoms with Gasteiger partial charge in [-0.05, 0) is 31.0 Å². The maximum absolute atomic E-state index is 11.8. The highest BCUT2D eigenvalue weighted by Gasteiger charge is 2.21. The number of rotatable bonds is 8. The van der Waals surface area contributed by atoms with Crippen LogP contribution < -0.4 is 15.2 Å². The molecular weight excluding hydrogens is 264 g/mol. The Morgan fingerprint density at radius 3 is 2.74 bits per heavy atom. The molecule has 0 radical (unpaired) electrons. The normalized spacial score (nSPS) is 13.2. The highest BCUT2D eigenvalue weighted by molar-refractivity contribution is 7.90. The summed E-state index contributed by atoms with van der Waals surface area (Å²) in [5, 5.41) is -0.536. The van der Waals surface area contributed by atoms with Gasteiger partial charge in [0.2, 0.25) is 10.0 Å². The first-order valence-corrected chi connectivity index (χ1v) is 7.92. The second-order valence-corrected chi connectivity index (χ2v) is 6.42. The number of sulfonamides is 1. The molecule has 0 aliphatic heterocycles. The molecule has 6 heteroatoms. The fourth-order valence-electron chi connectivity index (χ4n) is 1.69. The maximum atomic E-state index is 11.8. The van der Waals surface area contributed by atoms with Gasteiger partial charge in [-0.15, -0.1) is 0 Å². The minimum Gasteiger partial charge on any atom is -0.492 e. The summed E-state index contributed by atoms with van der Waals surface area (Å²) in [4.78, 5) is 0. The second-order valence-electron chi connectivity index (χ2n) is 4.37. The third kappa shape index (κ3) is 5.18. The quantitative estimate of drug-likeness (QED) is 0.699. The Morgan fingerprint density at radius 2 is 2.16 bits per heavy atom. The lowest BCUT2D eigenvalue weighted by Gasteiger charge is -2.14. The number of aryl methyl sites for hydroxylation is 1. The van der Waals surface area contributed by atoms with E-state index in [-0.39, 0.29) is 13.1 Å². The lowest BCUT2D eigenvalue weighted by Crippen LogP contribution is -2.40. The fraction of sp³-hybridized carbons (Fsp3) is 0.538. The summed E-state index contributed by atoms with van der Waals surface area (Å²) in [6.45, 7) is 4.45. The van der Waals surface area contributed by atoms with E-state index >= 15 is 0 Å². The van der Waals surface area contributed by atoms with Crippen molar-refractivity contribution in [2.75, 3.05) is 19.7 Å². The Bertz CT molecular complexity index is 484. The maximum Gasteiger partial charge on any atom is 0.215 e. The molecule has 1 aromatic carbocycles. The lowest BCUT2D eigenvalue weighted by atomic mass is 10.2. The molecule has 0 saturated heterocycles. The second kappa shape index (κ2) is 7.47. The zero-order valence-corrected chi connectivity index (χ0v) is 12.2. The van der Waals surface area contributed by atoms with Crippen molar-refractivity contribution in [2.45, 2.75) is 25.5 Å². The summed E-state index contributed by atoms with van der Waals surface area (Å²) < 4.78 is 31.6. The molecule has 0 spiro atoms. The molecule has 1 atom stereocenters. The van der Waals surface area contributed by atoms with Crippen molar-refractivity contribution in [1.29, 1.82) is 0 Å². The van der Waals surface area contributed by atoms with E-state index in [2.05, 4.69) is 4.72 Å². The van der Waals surface area contributed by atoms with Crippen molar-refractivity contribution in [1.82, 2.24) is 4.72 Å². The zero-order valence-electron chi connectivity index (χ0n) is 11.4. The van der Waals surface area contributed by atoms with Gasteiger partial charge in [0, 0.05) is 13.1 Å². The molecular formula is C13H22N2O3S. The van der Waals surface area contributed by atoms with Gasteiger partial charge in [0.1, 0.15) is 12.4 Å². The van der Waals surface area contributed by atoms with Crippen LogP contribution in [-0.4, -0.2) is 33.4 Å². The minimum atomic E-state index is -3.34. The SMILES string of the molecule is CCC(CN)S(=O)(=O)NCCOc1cccc(C)c1. The number of hydrogen-bond acceptors (Lipinski definition) is 4. The molecule has 0 bridgehead atoms. The molecule has 0 aromatic heterocycles. The molecule has 5 nitrogen and oxygen atoms in total. The summed E-state index contributed by atoms with van der Waals surface area (Å²) in [6, 6.07) is 7.62. The van der Waals surface area contributed by atoms with Crippen LogP contribution in [-0.2, 0) is 10.0 Å². The average molecular weight is 286 g/mol. The molecule has 3 N–H and O–H groups in total. The summed E-state index contributed by atoms with van der Waals surface area (Å²) in [7, 11) is -3.34. The summed E-state index contributed by atoms with van der Waals surface area (Å²) in [5.74, 6) is 0.741. The van der Waals surface area contributed by atoms with Crippen molar-refractivity contribution in [3.8, 4) is 5.75 Å². The van der Waals surface area contributed by atoms with Gasteiger partial charge in [0.05, 0.1) is 5.25 Å². The van der Waals surface area contributed by atoms with Crippen LogP contribution in [0.1, 0.15) is 18.9 Å². The van der Waals surface area contributed by atoms with Gasteiger partial charge in [-0.2, -0.15) is 0 Å². The molecule has 0 aliphatic rings. The predicted molar refractivity (Wildman–Crippen MR) is 76.7 cm³/mol.